The smallest absolute Gasteiger partial charge is 0.323 e. The Kier molecular flexibility index (Phi) is 9.95. The summed E-state index contributed by atoms with van der Waals surface area (Å²) < 4.78 is 0. The number of anilines is 1. The predicted octanol–water partition coefficient (Wildman–Crippen LogP) is 6.87. The summed E-state index contributed by atoms with van der Waals surface area (Å²) in [5, 5.41) is 10.6. The third-order valence-corrected chi connectivity index (χ3v) is 8.57. The number of hydrogen-bond acceptors (Lipinski definition) is 5. The Morgan fingerprint density at radius 1 is 0.930 bits per heavy atom. The molecule has 1 aliphatic heterocycles. The molecule has 43 heavy (non-hydrogen) atoms. The average Bonchev–Trinajstić information content (AvgIpc) is 3.00. The van der Waals surface area contributed by atoms with Crippen LogP contribution in [0.25, 0.3) is 0 Å². The first kappa shape index (κ1) is 30.5. The van der Waals surface area contributed by atoms with E-state index in [9.17, 15) is 14.7 Å². The van der Waals surface area contributed by atoms with Crippen molar-refractivity contribution in [2.45, 2.75) is 39.2 Å². The van der Waals surface area contributed by atoms with Crippen LogP contribution >= 0.6 is 23.2 Å². The van der Waals surface area contributed by atoms with Crippen molar-refractivity contribution in [1.29, 1.82) is 0 Å². The van der Waals surface area contributed by atoms with Crippen LogP contribution in [0.1, 0.15) is 51.1 Å². The lowest BCUT2D eigenvalue weighted by molar-refractivity contribution is -0.137. The molecule has 0 atom stereocenters. The highest BCUT2D eigenvalue weighted by molar-refractivity contribution is 6.36. The summed E-state index contributed by atoms with van der Waals surface area (Å²) in [4.78, 5) is 38.7. The number of carboxylic acids is 1. The lowest BCUT2D eigenvalue weighted by atomic mass is 9.90. The number of aryl methyl sites for hydroxylation is 1. The number of piperidine rings is 1. The number of aliphatic carboxylic acids is 1. The fraction of sp³-hybridized carbons (Fsp3) is 0.294. The quantitative estimate of drug-likeness (QED) is 0.209. The summed E-state index contributed by atoms with van der Waals surface area (Å²) in [6.07, 6.45) is 4.77. The third kappa shape index (κ3) is 7.92. The molecule has 3 aromatic carbocycles. The van der Waals surface area contributed by atoms with Gasteiger partial charge in [0.2, 0.25) is 5.95 Å². The third-order valence-electron chi connectivity index (χ3n) is 7.86. The SMILES string of the molecule is Cc1ccc(CN(CC(=O)O)C(=O)c2cnc(N3CCC(Cc4ccccc4)CC3)nc2Cc2c(Cl)cccc2Cl)cc1. The van der Waals surface area contributed by atoms with E-state index in [0.717, 1.165) is 43.5 Å². The van der Waals surface area contributed by atoms with Crippen LogP contribution < -0.4 is 4.90 Å². The molecule has 2 heterocycles. The molecule has 5 rings (SSSR count). The van der Waals surface area contributed by atoms with E-state index in [-0.39, 0.29) is 18.5 Å². The summed E-state index contributed by atoms with van der Waals surface area (Å²) >= 11 is 13.0. The molecule has 0 saturated carbocycles. The highest BCUT2D eigenvalue weighted by Gasteiger charge is 2.27. The van der Waals surface area contributed by atoms with E-state index in [0.29, 0.717) is 33.2 Å². The minimum Gasteiger partial charge on any atom is -0.480 e. The monoisotopic (exact) mass is 616 g/mol. The van der Waals surface area contributed by atoms with Crippen molar-refractivity contribution in [2.75, 3.05) is 24.5 Å². The molecule has 1 aliphatic rings. The van der Waals surface area contributed by atoms with Crippen LogP contribution in [0, 0.1) is 12.8 Å². The highest BCUT2D eigenvalue weighted by Crippen LogP contribution is 2.30. The Morgan fingerprint density at radius 2 is 1.60 bits per heavy atom. The summed E-state index contributed by atoms with van der Waals surface area (Å²) in [7, 11) is 0. The molecule has 7 nitrogen and oxygen atoms in total. The molecule has 0 bridgehead atoms. The van der Waals surface area contributed by atoms with Gasteiger partial charge in [0.15, 0.2) is 0 Å². The standard InChI is InChI=1S/C34H34Cl2N4O3/c1-23-10-12-26(13-11-23)21-40(22-32(41)42)33(43)28-20-37-34(38-31(28)19-27-29(35)8-5-9-30(27)36)39-16-14-25(15-17-39)18-24-6-3-2-4-7-24/h2-13,20,25H,14-19,21-22H2,1H3,(H,41,42). The molecule has 1 saturated heterocycles. The van der Waals surface area contributed by atoms with Gasteiger partial charge in [-0.1, -0.05) is 89.4 Å². The number of amides is 1. The van der Waals surface area contributed by atoms with Gasteiger partial charge >= 0.3 is 5.97 Å². The lowest BCUT2D eigenvalue weighted by Crippen LogP contribution is -2.37. The Hall–Kier alpha value is -3.94. The molecule has 4 aromatic rings. The van der Waals surface area contributed by atoms with Gasteiger partial charge in [-0.05, 0) is 60.9 Å². The maximum Gasteiger partial charge on any atom is 0.323 e. The first-order valence-corrected chi connectivity index (χ1v) is 15.2. The van der Waals surface area contributed by atoms with Gasteiger partial charge in [0, 0.05) is 42.3 Å². The van der Waals surface area contributed by atoms with Crippen molar-refractivity contribution in [2.24, 2.45) is 5.92 Å². The van der Waals surface area contributed by atoms with Crippen molar-refractivity contribution in [3.63, 3.8) is 0 Å². The van der Waals surface area contributed by atoms with Gasteiger partial charge in [0.1, 0.15) is 6.54 Å². The van der Waals surface area contributed by atoms with E-state index >= 15 is 0 Å². The lowest BCUT2D eigenvalue weighted by Gasteiger charge is -2.32. The fourth-order valence-electron chi connectivity index (χ4n) is 5.47. The first-order valence-electron chi connectivity index (χ1n) is 14.4. The molecule has 1 N–H and O–H groups in total. The van der Waals surface area contributed by atoms with Gasteiger partial charge in [-0.3, -0.25) is 9.59 Å². The normalized spacial score (nSPS) is 13.6. The van der Waals surface area contributed by atoms with E-state index < -0.39 is 18.4 Å². The van der Waals surface area contributed by atoms with Crippen molar-refractivity contribution in [3.8, 4) is 0 Å². The molecular weight excluding hydrogens is 583 g/mol. The first-order chi connectivity index (χ1) is 20.8. The van der Waals surface area contributed by atoms with Gasteiger partial charge in [0.25, 0.3) is 5.91 Å². The maximum atomic E-state index is 13.9. The summed E-state index contributed by atoms with van der Waals surface area (Å²) in [6, 6.07) is 23.4. The zero-order valence-corrected chi connectivity index (χ0v) is 25.6. The van der Waals surface area contributed by atoms with E-state index in [4.69, 9.17) is 28.2 Å². The molecule has 0 spiro atoms. The molecule has 0 unspecified atom stereocenters. The Labute approximate surface area is 262 Å². The number of carboxylic acid groups (broad SMARTS) is 1. The van der Waals surface area contributed by atoms with Gasteiger partial charge < -0.3 is 14.9 Å². The topological polar surface area (TPSA) is 86.6 Å². The van der Waals surface area contributed by atoms with Crippen LogP contribution in [-0.4, -0.2) is 51.5 Å². The van der Waals surface area contributed by atoms with Crippen LogP contribution in [-0.2, 0) is 24.2 Å². The average molecular weight is 618 g/mol. The van der Waals surface area contributed by atoms with Crippen LogP contribution in [0.15, 0.2) is 79.0 Å². The Morgan fingerprint density at radius 3 is 2.26 bits per heavy atom. The number of benzene rings is 3. The highest BCUT2D eigenvalue weighted by atomic mass is 35.5. The minimum absolute atomic E-state index is 0.133. The molecular formula is C34H34Cl2N4O3. The van der Waals surface area contributed by atoms with Crippen molar-refractivity contribution in [1.82, 2.24) is 14.9 Å². The number of carbonyl (C=O) groups excluding carboxylic acids is 1. The second-order valence-corrected chi connectivity index (χ2v) is 11.9. The number of halogens is 2. The van der Waals surface area contributed by atoms with E-state index in [1.807, 2.05) is 37.3 Å². The van der Waals surface area contributed by atoms with Crippen LogP contribution in [0.3, 0.4) is 0 Å². The van der Waals surface area contributed by atoms with E-state index in [1.54, 1.807) is 18.2 Å². The number of aromatic nitrogens is 2. The van der Waals surface area contributed by atoms with E-state index in [1.165, 1.54) is 16.7 Å². The number of nitrogens with zero attached hydrogens (tertiary/aromatic N) is 4. The second kappa shape index (κ2) is 14.0. The van der Waals surface area contributed by atoms with E-state index in [2.05, 4.69) is 34.1 Å². The number of carbonyl (C=O) groups is 2. The Balaban J connectivity index is 1.42. The molecule has 0 aliphatic carbocycles. The zero-order valence-electron chi connectivity index (χ0n) is 24.0. The maximum absolute atomic E-state index is 13.9. The molecule has 1 amide bonds. The fourth-order valence-corrected chi connectivity index (χ4v) is 6.00. The second-order valence-electron chi connectivity index (χ2n) is 11.1. The number of hydrogen-bond donors (Lipinski definition) is 1. The minimum atomic E-state index is -1.10. The van der Waals surface area contributed by atoms with Crippen molar-refractivity contribution >= 4 is 41.0 Å². The van der Waals surface area contributed by atoms with Crippen LogP contribution in [0.2, 0.25) is 10.0 Å². The molecule has 222 valence electrons. The van der Waals surface area contributed by atoms with Crippen molar-refractivity contribution in [3.05, 3.63) is 123 Å². The molecule has 1 aromatic heterocycles. The summed E-state index contributed by atoms with van der Waals surface area (Å²) in [5.74, 6) is -0.454. The van der Waals surface area contributed by atoms with Gasteiger partial charge in [-0.25, -0.2) is 9.97 Å². The molecule has 1 fully saturated rings. The summed E-state index contributed by atoms with van der Waals surface area (Å²) in [5.41, 5.74) is 4.58. The summed E-state index contributed by atoms with van der Waals surface area (Å²) in [6.45, 7) is 3.25. The van der Waals surface area contributed by atoms with Crippen LogP contribution in [0.4, 0.5) is 5.95 Å². The zero-order chi connectivity index (χ0) is 30.3. The molecule has 0 radical (unpaired) electrons. The van der Waals surface area contributed by atoms with Crippen molar-refractivity contribution < 1.29 is 14.7 Å². The van der Waals surface area contributed by atoms with Crippen LogP contribution in [0.5, 0.6) is 0 Å². The number of rotatable bonds is 10. The predicted molar refractivity (Wildman–Crippen MR) is 170 cm³/mol. The largest absolute Gasteiger partial charge is 0.480 e. The van der Waals surface area contributed by atoms with Gasteiger partial charge in [-0.15, -0.1) is 0 Å². The van der Waals surface area contributed by atoms with Gasteiger partial charge in [-0.2, -0.15) is 0 Å². The molecule has 9 heteroatoms. The Bertz CT molecular complexity index is 1550. The van der Waals surface area contributed by atoms with Gasteiger partial charge in [0.05, 0.1) is 11.3 Å².